The number of benzene rings is 1. The molecule has 1 rings (SSSR count). The molecule has 24 heavy (non-hydrogen) atoms. The van der Waals surface area contributed by atoms with E-state index in [1.807, 2.05) is 0 Å². The first kappa shape index (κ1) is 19.3. The zero-order chi connectivity index (χ0) is 18.2. The van der Waals surface area contributed by atoms with Crippen LogP contribution in [-0.2, 0) is 14.3 Å². The lowest BCUT2D eigenvalue weighted by molar-refractivity contribution is -0.274. The second-order valence-electron chi connectivity index (χ2n) is 4.56. The fourth-order valence-corrected chi connectivity index (χ4v) is 1.53. The number of carbonyl (C=O) groups excluding carboxylic acids is 2. The fourth-order valence-electron chi connectivity index (χ4n) is 1.53. The largest absolute Gasteiger partial charge is 0.573 e. The highest BCUT2D eigenvalue weighted by atomic mass is 19.4. The van der Waals surface area contributed by atoms with Crippen molar-refractivity contribution in [3.63, 3.8) is 0 Å². The number of esters is 1. The minimum atomic E-state index is -4.76. The number of amides is 1. The second kappa shape index (κ2) is 8.76. The Kier molecular flexibility index (Phi) is 7.03. The Hall–Kier alpha value is -2.77. The molecule has 0 spiro atoms. The lowest BCUT2D eigenvalue weighted by atomic mass is 10.2. The highest BCUT2D eigenvalue weighted by Crippen LogP contribution is 2.22. The first-order valence-corrected chi connectivity index (χ1v) is 6.84. The molecule has 0 aromatic heterocycles. The summed E-state index contributed by atoms with van der Waals surface area (Å²) in [5.74, 6) is -1.59. The number of hydrogen-bond donors (Lipinski definition) is 1. The third kappa shape index (κ3) is 7.48. The standard InChI is InChI=1S/C16H16F3NO4/c1-3-10-20-15(22)11(2)23-14(21)9-6-12-4-7-13(8-5-12)24-16(17,18)19/h3-9,11H,1,10H2,2H3,(H,20,22)/b9-6+/t11-/m1/s1. The summed E-state index contributed by atoms with van der Waals surface area (Å²) in [7, 11) is 0. The Balaban J connectivity index is 2.54. The van der Waals surface area contributed by atoms with E-state index in [2.05, 4.69) is 16.6 Å². The summed E-state index contributed by atoms with van der Waals surface area (Å²) >= 11 is 0. The smallest absolute Gasteiger partial charge is 0.449 e. The van der Waals surface area contributed by atoms with Crippen LogP contribution in [0, 0.1) is 0 Å². The zero-order valence-electron chi connectivity index (χ0n) is 12.8. The molecule has 0 radical (unpaired) electrons. The van der Waals surface area contributed by atoms with Crippen molar-refractivity contribution in [2.75, 3.05) is 6.54 Å². The van der Waals surface area contributed by atoms with E-state index in [1.165, 1.54) is 31.2 Å². The number of carbonyl (C=O) groups is 2. The van der Waals surface area contributed by atoms with Gasteiger partial charge in [0.05, 0.1) is 0 Å². The molecule has 0 saturated heterocycles. The summed E-state index contributed by atoms with van der Waals surface area (Å²) in [6.07, 6.45) is -1.85. The molecule has 1 aromatic carbocycles. The minimum Gasteiger partial charge on any atom is -0.449 e. The molecule has 0 unspecified atom stereocenters. The van der Waals surface area contributed by atoms with Crippen molar-refractivity contribution >= 4 is 18.0 Å². The Morgan fingerprint density at radius 1 is 1.29 bits per heavy atom. The first-order valence-electron chi connectivity index (χ1n) is 6.84. The van der Waals surface area contributed by atoms with Gasteiger partial charge in [-0.05, 0) is 30.7 Å². The molecule has 1 aromatic rings. The van der Waals surface area contributed by atoms with Crippen LogP contribution in [-0.4, -0.2) is 30.9 Å². The molecule has 0 bridgehead atoms. The van der Waals surface area contributed by atoms with E-state index in [-0.39, 0.29) is 12.3 Å². The normalized spacial score (nSPS) is 12.5. The van der Waals surface area contributed by atoms with Crippen LogP contribution in [0.15, 0.2) is 43.0 Å². The number of nitrogens with one attached hydrogen (secondary N) is 1. The maximum absolute atomic E-state index is 12.0. The van der Waals surface area contributed by atoms with E-state index >= 15 is 0 Å². The summed E-state index contributed by atoms with van der Waals surface area (Å²) in [6.45, 7) is 5.10. The molecule has 5 nitrogen and oxygen atoms in total. The molecule has 0 heterocycles. The van der Waals surface area contributed by atoms with E-state index in [9.17, 15) is 22.8 Å². The van der Waals surface area contributed by atoms with Crippen LogP contribution >= 0.6 is 0 Å². The number of halogens is 3. The fraction of sp³-hybridized carbons (Fsp3) is 0.250. The molecule has 130 valence electrons. The molecule has 0 fully saturated rings. The van der Waals surface area contributed by atoms with Gasteiger partial charge in [0, 0.05) is 12.6 Å². The number of ether oxygens (including phenoxy) is 2. The Labute approximate surface area is 136 Å². The van der Waals surface area contributed by atoms with Crippen molar-refractivity contribution in [1.82, 2.24) is 5.32 Å². The van der Waals surface area contributed by atoms with Crippen LogP contribution in [0.25, 0.3) is 6.08 Å². The van der Waals surface area contributed by atoms with E-state index < -0.39 is 24.3 Å². The van der Waals surface area contributed by atoms with E-state index in [0.717, 1.165) is 18.2 Å². The van der Waals surface area contributed by atoms with Gasteiger partial charge in [0.1, 0.15) is 5.75 Å². The minimum absolute atomic E-state index is 0.253. The van der Waals surface area contributed by atoms with E-state index in [4.69, 9.17) is 4.74 Å². The number of rotatable bonds is 7. The molecule has 0 aliphatic rings. The quantitative estimate of drug-likeness (QED) is 0.470. The van der Waals surface area contributed by atoms with Gasteiger partial charge in [-0.25, -0.2) is 4.79 Å². The molecule has 0 saturated carbocycles. The lowest BCUT2D eigenvalue weighted by Crippen LogP contribution is -2.35. The summed E-state index contributed by atoms with van der Waals surface area (Å²) in [5.41, 5.74) is 0.463. The van der Waals surface area contributed by atoms with Crippen LogP contribution in [0.4, 0.5) is 13.2 Å². The van der Waals surface area contributed by atoms with Gasteiger partial charge in [-0.2, -0.15) is 0 Å². The third-order valence-corrected chi connectivity index (χ3v) is 2.61. The van der Waals surface area contributed by atoms with Crippen molar-refractivity contribution in [3.05, 3.63) is 48.6 Å². The molecular formula is C16H16F3NO4. The van der Waals surface area contributed by atoms with Crippen LogP contribution in [0.1, 0.15) is 12.5 Å². The van der Waals surface area contributed by atoms with Crippen molar-refractivity contribution in [2.45, 2.75) is 19.4 Å². The van der Waals surface area contributed by atoms with Gasteiger partial charge in [-0.15, -0.1) is 19.8 Å². The van der Waals surface area contributed by atoms with Gasteiger partial charge in [0.25, 0.3) is 5.91 Å². The van der Waals surface area contributed by atoms with Crippen LogP contribution in [0.5, 0.6) is 5.75 Å². The van der Waals surface area contributed by atoms with Gasteiger partial charge in [0.15, 0.2) is 6.10 Å². The van der Waals surface area contributed by atoms with Crippen molar-refractivity contribution < 1.29 is 32.2 Å². The highest BCUT2D eigenvalue weighted by Gasteiger charge is 2.30. The molecule has 8 heteroatoms. The maximum Gasteiger partial charge on any atom is 0.573 e. The average molecular weight is 343 g/mol. The first-order chi connectivity index (χ1) is 11.2. The highest BCUT2D eigenvalue weighted by molar-refractivity contribution is 5.90. The maximum atomic E-state index is 12.0. The zero-order valence-corrected chi connectivity index (χ0v) is 12.8. The molecular weight excluding hydrogens is 327 g/mol. The summed E-state index contributed by atoms with van der Waals surface area (Å²) in [5, 5.41) is 2.47. The van der Waals surface area contributed by atoms with Crippen molar-refractivity contribution in [2.24, 2.45) is 0 Å². The summed E-state index contributed by atoms with van der Waals surface area (Å²) in [6, 6.07) is 4.91. The van der Waals surface area contributed by atoms with Gasteiger partial charge < -0.3 is 14.8 Å². The SMILES string of the molecule is C=CCNC(=O)[C@@H](C)OC(=O)/C=C/c1ccc(OC(F)(F)F)cc1. The second-order valence-corrected chi connectivity index (χ2v) is 4.56. The average Bonchev–Trinajstić information content (AvgIpc) is 2.50. The van der Waals surface area contributed by atoms with Crippen molar-refractivity contribution in [3.8, 4) is 5.75 Å². The summed E-state index contributed by atoms with van der Waals surface area (Å²) in [4.78, 5) is 23.1. The predicted octanol–water partition coefficient (Wildman–Crippen LogP) is 2.83. The monoisotopic (exact) mass is 343 g/mol. The van der Waals surface area contributed by atoms with Gasteiger partial charge in [-0.1, -0.05) is 18.2 Å². The molecule has 1 amide bonds. The van der Waals surface area contributed by atoms with Gasteiger partial charge in [0.2, 0.25) is 0 Å². The number of hydrogen-bond acceptors (Lipinski definition) is 4. The van der Waals surface area contributed by atoms with Crippen LogP contribution in [0.2, 0.25) is 0 Å². The molecule has 0 aliphatic carbocycles. The van der Waals surface area contributed by atoms with Crippen molar-refractivity contribution in [1.29, 1.82) is 0 Å². The van der Waals surface area contributed by atoms with Gasteiger partial charge in [-0.3, -0.25) is 4.79 Å². The van der Waals surface area contributed by atoms with Crippen LogP contribution in [0.3, 0.4) is 0 Å². The van der Waals surface area contributed by atoms with Gasteiger partial charge >= 0.3 is 12.3 Å². The Morgan fingerprint density at radius 2 is 1.92 bits per heavy atom. The van der Waals surface area contributed by atoms with E-state index in [1.54, 1.807) is 0 Å². The Morgan fingerprint density at radius 3 is 2.46 bits per heavy atom. The topological polar surface area (TPSA) is 64.6 Å². The Bertz CT molecular complexity index is 609. The number of alkyl halides is 3. The van der Waals surface area contributed by atoms with E-state index in [0.29, 0.717) is 5.56 Å². The molecule has 0 aliphatic heterocycles. The molecule has 1 N–H and O–H groups in total. The third-order valence-electron chi connectivity index (χ3n) is 2.61. The van der Waals surface area contributed by atoms with Crippen LogP contribution < -0.4 is 10.1 Å². The lowest BCUT2D eigenvalue weighted by Gasteiger charge is -2.11. The summed E-state index contributed by atoms with van der Waals surface area (Å²) < 4.78 is 44.7. The molecule has 1 atom stereocenters. The predicted molar refractivity (Wildman–Crippen MR) is 80.9 cm³/mol.